The fourth-order valence-corrected chi connectivity index (χ4v) is 2.01. The summed E-state index contributed by atoms with van der Waals surface area (Å²) in [4.78, 5) is 23.6. The molecule has 0 aliphatic rings. The van der Waals surface area contributed by atoms with E-state index in [0.717, 1.165) is 0 Å². The largest absolute Gasteiger partial charge is 0.507 e. The predicted molar refractivity (Wildman–Crippen MR) is 72.7 cm³/mol. The third kappa shape index (κ3) is 2.40. The van der Waals surface area contributed by atoms with Gasteiger partial charge in [-0.2, -0.15) is 0 Å². The van der Waals surface area contributed by atoms with Gasteiger partial charge in [0, 0.05) is 16.7 Å². The molecule has 0 aliphatic heterocycles. The van der Waals surface area contributed by atoms with Crippen LogP contribution in [0.1, 0.15) is 38.8 Å². The van der Waals surface area contributed by atoms with Gasteiger partial charge in [0.15, 0.2) is 11.6 Å². The molecule has 2 rings (SSSR count). The van der Waals surface area contributed by atoms with E-state index < -0.39 is 0 Å². The number of aromatic hydroxyl groups is 1. The minimum absolute atomic E-state index is 0.124. The smallest absolute Gasteiger partial charge is 0.196 e. The fraction of sp³-hybridized carbons (Fsp3) is 0.125. The lowest BCUT2D eigenvalue weighted by Crippen LogP contribution is -2.05. The molecule has 0 amide bonds. The quantitative estimate of drug-likeness (QED) is 0.856. The van der Waals surface area contributed by atoms with Crippen molar-refractivity contribution < 1.29 is 14.7 Å². The van der Waals surface area contributed by atoms with Gasteiger partial charge in [-0.1, -0.05) is 36.4 Å². The van der Waals surface area contributed by atoms with Crippen LogP contribution in [0.25, 0.3) is 0 Å². The molecule has 0 fully saturated rings. The standard InChI is InChI=1S/C16H14O3/c1-10-13(11(2)17)8-9-14(15(10)18)16(19)12-6-4-3-5-7-12/h3-9,18H,1-2H3. The van der Waals surface area contributed by atoms with Gasteiger partial charge in [0.25, 0.3) is 0 Å². The molecule has 2 aromatic carbocycles. The number of ketones is 2. The average molecular weight is 254 g/mol. The normalized spacial score (nSPS) is 10.2. The van der Waals surface area contributed by atoms with Crippen molar-refractivity contribution in [1.82, 2.24) is 0 Å². The zero-order chi connectivity index (χ0) is 14.0. The number of hydrogen-bond donors (Lipinski definition) is 1. The second-order valence-electron chi connectivity index (χ2n) is 4.39. The van der Waals surface area contributed by atoms with Gasteiger partial charge in [-0.15, -0.1) is 0 Å². The fourth-order valence-electron chi connectivity index (χ4n) is 2.01. The van der Waals surface area contributed by atoms with E-state index in [4.69, 9.17) is 0 Å². The number of phenolic OH excluding ortho intramolecular Hbond substituents is 1. The van der Waals surface area contributed by atoms with E-state index in [-0.39, 0.29) is 22.9 Å². The molecule has 0 bridgehead atoms. The lowest BCUT2D eigenvalue weighted by atomic mass is 9.96. The van der Waals surface area contributed by atoms with Crippen LogP contribution in [0, 0.1) is 6.92 Å². The van der Waals surface area contributed by atoms with Gasteiger partial charge in [0.1, 0.15) is 5.75 Å². The van der Waals surface area contributed by atoms with Gasteiger partial charge in [-0.05, 0) is 19.9 Å². The highest BCUT2D eigenvalue weighted by Gasteiger charge is 2.17. The van der Waals surface area contributed by atoms with Crippen LogP contribution in [0.4, 0.5) is 0 Å². The van der Waals surface area contributed by atoms with Crippen molar-refractivity contribution in [3.63, 3.8) is 0 Å². The highest BCUT2D eigenvalue weighted by molar-refractivity contribution is 6.11. The van der Waals surface area contributed by atoms with Crippen molar-refractivity contribution >= 4 is 11.6 Å². The summed E-state index contributed by atoms with van der Waals surface area (Å²) < 4.78 is 0. The summed E-state index contributed by atoms with van der Waals surface area (Å²) in [5.74, 6) is -0.510. The van der Waals surface area contributed by atoms with Gasteiger partial charge in [0.05, 0.1) is 5.56 Å². The molecule has 0 aliphatic carbocycles. The minimum Gasteiger partial charge on any atom is -0.507 e. The maximum absolute atomic E-state index is 12.3. The first-order valence-electron chi connectivity index (χ1n) is 5.95. The van der Waals surface area contributed by atoms with Crippen LogP contribution in [0.3, 0.4) is 0 Å². The molecule has 3 heteroatoms. The SMILES string of the molecule is CC(=O)c1ccc(C(=O)c2ccccc2)c(O)c1C. The van der Waals surface area contributed by atoms with Crippen molar-refractivity contribution in [2.75, 3.05) is 0 Å². The summed E-state index contributed by atoms with van der Waals surface area (Å²) in [6.45, 7) is 3.06. The number of hydrogen-bond acceptors (Lipinski definition) is 3. The second kappa shape index (κ2) is 5.06. The van der Waals surface area contributed by atoms with Gasteiger partial charge < -0.3 is 5.11 Å². The first-order valence-corrected chi connectivity index (χ1v) is 5.95. The zero-order valence-corrected chi connectivity index (χ0v) is 10.8. The number of rotatable bonds is 3. The summed E-state index contributed by atoms with van der Waals surface area (Å²) in [6, 6.07) is 11.8. The van der Waals surface area contributed by atoms with Gasteiger partial charge in [0.2, 0.25) is 0 Å². The Morgan fingerprint density at radius 2 is 1.53 bits per heavy atom. The number of phenols is 1. The predicted octanol–water partition coefficient (Wildman–Crippen LogP) is 3.13. The van der Waals surface area contributed by atoms with Crippen molar-refractivity contribution in [3.8, 4) is 5.75 Å². The Bertz CT molecular complexity index is 643. The van der Waals surface area contributed by atoms with Gasteiger partial charge >= 0.3 is 0 Å². The number of carbonyl (C=O) groups is 2. The van der Waals surface area contributed by atoms with Crippen LogP contribution in [0.15, 0.2) is 42.5 Å². The topological polar surface area (TPSA) is 54.4 Å². The molecule has 0 heterocycles. The van der Waals surface area contributed by atoms with Crippen LogP contribution in [-0.4, -0.2) is 16.7 Å². The molecule has 0 spiro atoms. The van der Waals surface area contributed by atoms with E-state index >= 15 is 0 Å². The highest BCUT2D eigenvalue weighted by Crippen LogP contribution is 2.27. The monoisotopic (exact) mass is 254 g/mol. The van der Waals surface area contributed by atoms with E-state index in [2.05, 4.69) is 0 Å². The van der Waals surface area contributed by atoms with Crippen molar-refractivity contribution in [2.24, 2.45) is 0 Å². The molecule has 0 radical (unpaired) electrons. The van der Waals surface area contributed by atoms with E-state index in [9.17, 15) is 14.7 Å². The maximum Gasteiger partial charge on any atom is 0.196 e. The van der Waals surface area contributed by atoms with Crippen molar-refractivity contribution in [1.29, 1.82) is 0 Å². The Labute approximate surface area is 111 Å². The molecule has 19 heavy (non-hydrogen) atoms. The highest BCUT2D eigenvalue weighted by atomic mass is 16.3. The second-order valence-corrected chi connectivity index (χ2v) is 4.39. The molecule has 0 saturated heterocycles. The van der Waals surface area contributed by atoms with Crippen LogP contribution in [-0.2, 0) is 0 Å². The van der Waals surface area contributed by atoms with E-state index in [1.807, 2.05) is 6.07 Å². The summed E-state index contributed by atoms with van der Waals surface area (Å²) >= 11 is 0. The van der Waals surface area contributed by atoms with Crippen LogP contribution >= 0.6 is 0 Å². The lowest BCUT2D eigenvalue weighted by Gasteiger charge is -2.09. The maximum atomic E-state index is 12.3. The van der Waals surface area contributed by atoms with E-state index in [0.29, 0.717) is 16.7 Å². The summed E-state index contributed by atoms with van der Waals surface area (Å²) in [5, 5.41) is 10.1. The molecule has 0 atom stereocenters. The molecule has 3 nitrogen and oxygen atoms in total. The number of benzene rings is 2. The van der Waals surface area contributed by atoms with Gasteiger partial charge in [-0.3, -0.25) is 9.59 Å². The summed E-state index contributed by atoms with van der Waals surface area (Å²) in [5.41, 5.74) is 1.60. The number of carbonyl (C=O) groups excluding carboxylic acids is 2. The average Bonchev–Trinajstić information content (AvgIpc) is 2.41. The zero-order valence-electron chi connectivity index (χ0n) is 10.8. The Balaban J connectivity index is 2.51. The third-order valence-electron chi connectivity index (χ3n) is 3.09. The first kappa shape index (κ1) is 13.0. The molecule has 2 aromatic rings. The molecule has 96 valence electrons. The molecular formula is C16H14O3. The van der Waals surface area contributed by atoms with Crippen molar-refractivity contribution in [2.45, 2.75) is 13.8 Å². The Hall–Kier alpha value is -2.42. The molecule has 1 N–H and O–H groups in total. The van der Waals surface area contributed by atoms with Crippen molar-refractivity contribution in [3.05, 3.63) is 64.7 Å². The molecule has 0 saturated carbocycles. The van der Waals surface area contributed by atoms with Crippen LogP contribution in [0.2, 0.25) is 0 Å². The summed E-state index contributed by atoms with van der Waals surface area (Å²) in [7, 11) is 0. The van der Waals surface area contributed by atoms with Crippen LogP contribution in [0.5, 0.6) is 5.75 Å². The Morgan fingerprint density at radius 1 is 0.947 bits per heavy atom. The Kier molecular flexibility index (Phi) is 3.47. The Morgan fingerprint density at radius 3 is 2.11 bits per heavy atom. The number of Topliss-reactive ketones (excluding diaryl/α,β-unsaturated/α-hetero) is 1. The van der Waals surface area contributed by atoms with E-state index in [1.165, 1.54) is 13.0 Å². The van der Waals surface area contributed by atoms with E-state index in [1.54, 1.807) is 37.3 Å². The minimum atomic E-state index is -0.253. The lowest BCUT2D eigenvalue weighted by molar-refractivity contribution is 0.101. The van der Waals surface area contributed by atoms with Crippen LogP contribution < -0.4 is 0 Å². The first-order chi connectivity index (χ1) is 9.02. The molecular weight excluding hydrogens is 240 g/mol. The summed E-state index contributed by atoms with van der Waals surface area (Å²) in [6.07, 6.45) is 0. The molecule has 0 unspecified atom stereocenters. The van der Waals surface area contributed by atoms with Gasteiger partial charge in [-0.25, -0.2) is 0 Å². The third-order valence-corrected chi connectivity index (χ3v) is 3.09. The molecule has 0 aromatic heterocycles.